The zero-order valence-corrected chi connectivity index (χ0v) is 11.5. The summed E-state index contributed by atoms with van der Waals surface area (Å²) in [7, 11) is -3.46. The fourth-order valence-electron chi connectivity index (χ4n) is 1.78. The molecule has 1 heterocycles. The number of rotatable bonds is 5. The molecule has 1 aromatic heterocycles. The van der Waals surface area contributed by atoms with Crippen LogP contribution in [0.4, 0.5) is 0 Å². The van der Waals surface area contributed by atoms with Gasteiger partial charge in [0.15, 0.2) is 0 Å². The fraction of sp³-hybridized carbons (Fsp3) is 0.214. The second-order valence-corrected chi connectivity index (χ2v) is 6.00. The zero-order chi connectivity index (χ0) is 13.7. The molecule has 0 saturated heterocycles. The molecule has 0 aliphatic rings. The minimum atomic E-state index is -3.46. The average Bonchev–Trinajstić information content (AvgIpc) is 2.46. The maximum absolute atomic E-state index is 12.5. The van der Waals surface area contributed by atoms with Crippen LogP contribution in [0.2, 0.25) is 0 Å². The van der Waals surface area contributed by atoms with Crippen molar-refractivity contribution in [1.29, 1.82) is 0 Å². The van der Waals surface area contributed by atoms with Gasteiger partial charge >= 0.3 is 0 Å². The Morgan fingerprint density at radius 3 is 2.32 bits per heavy atom. The highest BCUT2D eigenvalue weighted by atomic mass is 32.2. The van der Waals surface area contributed by atoms with E-state index in [0.717, 1.165) is 5.69 Å². The Balaban J connectivity index is 2.27. The number of aromatic nitrogens is 1. The molecule has 5 heteroatoms. The maximum atomic E-state index is 12.5. The highest BCUT2D eigenvalue weighted by Gasteiger charge is 2.22. The third kappa shape index (κ3) is 3.19. The first-order chi connectivity index (χ1) is 9.14. The molecule has 0 radical (unpaired) electrons. The summed E-state index contributed by atoms with van der Waals surface area (Å²) in [5.74, 6) is 0. The highest BCUT2D eigenvalue weighted by molar-refractivity contribution is 7.89. The van der Waals surface area contributed by atoms with E-state index in [9.17, 15) is 8.42 Å². The fourth-order valence-corrected chi connectivity index (χ4v) is 3.22. The van der Waals surface area contributed by atoms with E-state index in [1.54, 1.807) is 36.5 Å². The average molecular weight is 276 g/mol. The van der Waals surface area contributed by atoms with Crippen LogP contribution in [-0.2, 0) is 16.6 Å². The Hall–Kier alpha value is -1.72. The smallest absolute Gasteiger partial charge is 0.243 e. The number of sulfonamides is 1. The molecule has 0 aliphatic carbocycles. The first-order valence-electron chi connectivity index (χ1n) is 6.09. The van der Waals surface area contributed by atoms with Crippen molar-refractivity contribution in [2.45, 2.75) is 18.4 Å². The molecule has 100 valence electrons. The van der Waals surface area contributed by atoms with Gasteiger partial charge in [0.1, 0.15) is 0 Å². The molecule has 0 bridgehead atoms. The first kappa shape index (κ1) is 13.7. The molecule has 0 atom stereocenters. The van der Waals surface area contributed by atoms with Crippen molar-refractivity contribution >= 4 is 10.0 Å². The SMILES string of the molecule is CCN(Cc1ccccn1)S(=O)(=O)c1ccccc1. The molecule has 0 fully saturated rings. The van der Waals surface area contributed by atoms with Crippen LogP contribution < -0.4 is 0 Å². The number of hydrogen-bond donors (Lipinski definition) is 0. The molecule has 2 rings (SSSR count). The maximum Gasteiger partial charge on any atom is 0.243 e. The molecular weight excluding hydrogens is 260 g/mol. The number of pyridine rings is 1. The van der Waals surface area contributed by atoms with Crippen LogP contribution in [0.25, 0.3) is 0 Å². The summed E-state index contributed by atoms with van der Waals surface area (Å²) in [6.45, 7) is 2.52. The van der Waals surface area contributed by atoms with Gasteiger partial charge < -0.3 is 0 Å². The molecule has 1 aromatic carbocycles. The van der Waals surface area contributed by atoms with Gasteiger partial charge in [0.25, 0.3) is 0 Å². The molecule has 0 spiro atoms. The highest BCUT2D eigenvalue weighted by Crippen LogP contribution is 2.16. The second-order valence-electron chi connectivity index (χ2n) is 4.07. The number of hydrogen-bond acceptors (Lipinski definition) is 3. The van der Waals surface area contributed by atoms with Crippen molar-refractivity contribution in [3.05, 3.63) is 60.4 Å². The lowest BCUT2D eigenvalue weighted by Crippen LogP contribution is -2.30. The van der Waals surface area contributed by atoms with Gasteiger partial charge in [-0.05, 0) is 24.3 Å². The predicted octanol–water partition coefficient (Wildman–Crippen LogP) is 2.29. The minimum Gasteiger partial charge on any atom is -0.260 e. The minimum absolute atomic E-state index is 0.286. The van der Waals surface area contributed by atoms with E-state index in [2.05, 4.69) is 4.98 Å². The van der Waals surface area contributed by atoms with Crippen LogP contribution in [0.3, 0.4) is 0 Å². The Bertz CT molecular complexity index is 612. The summed E-state index contributed by atoms with van der Waals surface area (Å²) < 4.78 is 26.4. The van der Waals surface area contributed by atoms with E-state index >= 15 is 0 Å². The molecule has 0 N–H and O–H groups in total. The van der Waals surface area contributed by atoms with Gasteiger partial charge in [-0.3, -0.25) is 4.98 Å². The van der Waals surface area contributed by atoms with Crippen LogP contribution in [-0.4, -0.2) is 24.3 Å². The molecule has 19 heavy (non-hydrogen) atoms. The largest absolute Gasteiger partial charge is 0.260 e. The monoisotopic (exact) mass is 276 g/mol. The lowest BCUT2D eigenvalue weighted by atomic mass is 10.3. The predicted molar refractivity (Wildman–Crippen MR) is 73.9 cm³/mol. The van der Waals surface area contributed by atoms with Gasteiger partial charge in [-0.25, -0.2) is 8.42 Å². The summed E-state index contributed by atoms with van der Waals surface area (Å²) in [4.78, 5) is 4.48. The van der Waals surface area contributed by atoms with Crippen LogP contribution in [0.15, 0.2) is 59.6 Å². The zero-order valence-electron chi connectivity index (χ0n) is 10.7. The third-order valence-corrected chi connectivity index (χ3v) is 4.73. The van der Waals surface area contributed by atoms with E-state index in [-0.39, 0.29) is 6.54 Å². The first-order valence-corrected chi connectivity index (χ1v) is 7.53. The lowest BCUT2D eigenvalue weighted by molar-refractivity contribution is 0.419. The summed E-state index contributed by atoms with van der Waals surface area (Å²) in [5.41, 5.74) is 0.740. The van der Waals surface area contributed by atoms with Crippen molar-refractivity contribution in [3.8, 4) is 0 Å². The third-order valence-electron chi connectivity index (χ3n) is 2.80. The molecule has 0 saturated carbocycles. The van der Waals surface area contributed by atoms with Gasteiger partial charge in [0, 0.05) is 12.7 Å². The van der Waals surface area contributed by atoms with Gasteiger partial charge in [0.2, 0.25) is 10.0 Å². The molecular formula is C14H16N2O2S. The number of nitrogens with zero attached hydrogens (tertiary/aromatic N) is 2. The summed E-state index contributed by atoms with van der Waals surface area (Å²) >= 11 is 0. The Morgan fingerprint density at radius 2 is 1.74 bits per heavy atom. The molecule has 4 nitrogen and oxygen atoms in total. The van der Waals surface area contributed by atoms with Crippen LogP contribution in [0.5, 0.6) is 0 Å². The number of benzene rings is 1. The van der Waals surface area contributed by atoms with Crippen molar-refractivity contribution in [2.75, 3.05) is 6.54 Å². The standard InChI is InChI=1S/C14H16N2O2S/c1-2-16(12-13-8-6-7-11-15-13)19(17,18)14-9-4-3-5-10-14/h3-11H,2,12H2,1H3. The molecule has 0 aliphatic heterocycles. The lowest BCUT2D eigenvalue weighted by Gasteiger charge is -2.20. The van der Waals surface area contributed by atoms with Crippen molar-refractivity contribution in [3.63, 3.8) is 0 Å². The van der Waals surface area contributed by atoms with E-state index in [1.807, 2.05) is 25.1 Å². The van der Waals surface area contributed by atoms with Gasteiger partial charge in [-0.15, -0.1) is 0 Å². The molecule has 0 amide bonds. The van der Waals surface area contributed by atoms with Gasteiger partial charge in [0.05, 0.1) is 17.1 Å². The Labute approximate surface area is 113 Å². The van der Waals surface area contributed by atoms with Gasteiger partial charge in [-0.1, -0.05) is 31.2 Å². The van der Waals surface area contributed by atoms with Crippen molar-refractivity contribution < 1.29 is 8.42 Å². The van der Waals surface area contributed by atoms with E-state index in [1.165, 1.54) is 4.31 Å². The summed E-state index contributed by atoms with van der Waals surface area (Å²) in [6, 6.07) is 13.9. The van der Waals surface area contributed by atoms with E-state index < -0.39 is 10.0 Å². The van der Waals surface area contributed by atoms with Crippen LogP contribution in [0, 0.1) is 0 Å². The molecule has 0 unspecified atom stereocenters. The van der Waals surface area contributed by atoms with Gasteiger partial charge in [-0.2, -0.15) is 4.31 Å². The normalized spacial score (nSPS) is 11.7. The summed E-state index contributed by atoms with van der Waals surface area (Å²) in [5, 5.41) is 0. The quantitative estimate of drug-likeness (QED) is 0.842. The Morgan fingerprint density at radius 1 is 1.05 bits per heavy atom. The van der Waals surface area contributed by atoms with Crippen molar-refractivity contribution in [1.82, 2.24) is 9.29 Å². The van der Waals surface area contributed by atoms with Crippen LogP contribution >= 0.6 is 0 Å². The van der Waals surface area contributed by atoms with E-state index in [0.29, 0.717) is 11.4 Å². The van der Waals surface area contributed by atoms with Crippen molar-refractivity contribution in [2.24, 2.45) is 0 Å². The van der Waals surface area contributed by atoms with E-state index in [4.69, 9.17) is 0 Å². The topological polar surface area (TPSA) is 50.3 Å². The molecule has 2 aromatic rings. The Kier molecular flexibility index (Phi) is 4.29. The van der Waals surface area contributed by atoms with Crippen LogP contribution in [0.1, 0.15) is 12.6 Å². The summed E-state index contributed by atoms with van der Waals surface area (Å²) in [6.07, 6.45) is 1.66. The second kappa shape index (κ2) is 5.95.